The summed E-state index contributed by atoms with van der Waals surface area (Å²) in [6.45, 7) is 0.411. The Morgan fingerprint density at radius 2 is 2.05 bits per heavy atom. The third-order valence-corrected chi connectivity index (χ3v) is 5.12. The monoisotopic (exact) mass is 334 g/mol. The second-order valence-electron chi connectivity index (χ2n) is 4.62. The zero-order valence-electron chi connectivity index (χ0n) is 11.8. The van der Waals surface area contributed by atoms with E-state index in [1.807, 2.05) is 0 Å². The van der Waals surface area contributed by atoms with Crippen LogP contribution in [0.3, 0.4) is 0 Å². The maximum atomic E-state index is 13.5. The Hall–Kier alpha value is -1.09. The molecule has 0 fully saturated rings. The number of hydrogen-bond donors (Lipinski definition) is 2. The minimum absolute atomic E-state index is 0.0450. The van der Waals surface area contributed by atoms with Crippen LogP contribution in [0.1, 0.15) is 24.8 Å². The number of unbranched alkanes of at least 4 members (excludes halogenated alkanes) is 2. The fourth-order valence-corrected chi connectivity index (χ4v) is 3.17. The zero-order valence-corrected chi connectivity index (χ0v) is 13.4. The molecular weight excluding hydrogens is 315 g/mol. The third kappa shape index (κ3) is 4.70. The molecule has 5 nitrogen and oxygen atoms in total. The van der Waals surface area contributed by atoms with Crippen LogP contribution in [-0.4, -0.2) is 43.0 Å². The van der Waals surface area contributed by atoms with Crippen LogP contribution in [0, 0.1) is 5.82 Å². The van der Waals surface area contributed by atoms with E-state index in [4.69, 9.17) is 23.1 Å². The number of sulfonamides is 1. The lowest BCUT2D eigenvalue weighted by atomic mass is 10.2. The highest BCUT2D eigenvalue weighted by atomic mass is 32.2. The maximum absolute atomic E-state index is 13.5. The lowest BCUT2D eigenvalue weighted by Crippen LogP contribution is -2.28. The van der Waals surface area contributed by atoms with E-state index in [1.165, 1.54) is 17.4 Å². The number of aliphatic hydroxyl groups is 1. The molecule has 0 aliphatic heterocycles. The molecule has 0 unspecified atom stereocenters. The summed E-state index contributed by atoms with van der Waals surface area (Å²) in [7, 11) is -2.25. The summed E-state index contributed by atoms with van der Waals surface area (Å²) < 4.78 is 39.4. The molecule has 0 saturated heterocycles. The largest absolute Gasteiger partial charge is 0.396 e. The van der Waals surface area contributed by atoms with Crippen LogP contribution in [0.5, 0.6) is 0 Å². The summed E-state index contributed by atoms with van der Waals surface area (Å²) in [5.41, 5.74) is 5.29. The van der Waals surface area contributed by atoms with Gasteiger partial charge in [0.2, 0.25) is 10.0 Å². The Balaban J connectivity index is 2.92. The van der Waals surface area contributed by atoms with Crippen LogP contribution in [0.25, 0.3) is 0 Å². The number of benzene rings is 1. The molecule has 0 atom stereocenters. The van der Waals surface area contributed by atoms with E-state index in [1.54, 1.807) is 0 Å². The van der Waals surface area contributed by atoms with Gasteiger partial charge in [0.1, 0.15) is 10.8 Å². The van der Waals surface area contributed by atoms with E-state index < -0.39 is 15.8 Å². The molecule has 0 aromatic heterocycles. The highest BCUT2D eigenvalue weighted by molar-refractivity contribution is 7.89. The molecule has 21 heavy (non-hydrogen) atoms. The van der Waals surface area contributed by atoms with Crippen molar-refractivity contribution in [1.82, 2.24) is 4.31 Å². The second-order valence-corrected chi connectivity index (χ2v) is 7.10. The highest BCUT2D eigenvalue weighted by Gasteiger charge is 2.22. The summed E-state index contributed by atoms with van der Waals surface area (Å²) in [6, 6.07) is 3.38. The summed E-state index contributed by atoms with van der Waals surface area (Å²) in [4.78, 5) is -0.230. The molecule has 1 rings (SSSR count). The van der Waals surface area contributed by atoms with Gasteiger partial charge in [0.05, 0.1) is 4.90 Å². The average molecular weight is 334 g/mol. The van der Waals surface area contributed by atoms with Crippen LogP contribution in [0.4, 0.5) is 4.39 Å². The fourth-order valence-electron chi connectivity index (χ4n) is 1.78. The van der Waals surface area contributed by atoms with Gasteiger partial charge in [-0.05, 0) is 37.5 Å². The number of hydrogen-bond acceptors (Lipinski definition) is 4. The molecule has 0 aliphatic rings. The van der Waals surface area contributed by atoms with Crippen LogP contribution >= 0.6 is 12.2 Å². The fraction of sp³-hybridized carbons (Fsp3) is 0.462. The van der Waals surface area contributed by atoms with Gasteiger partial charge in [0.15, 0.2) is 0 Å². The van der Waals surface area contributed by atoms with Crippen molar-refractivity contribution in [2.24, 2.45) is 5.73 Å². The molecular formula is C13H19FN2O3S2. The maximum Gasteiger partial charge on any atom is 0.242 e. The molecule has 118 valence electrons. The van der Waals surface area contributed by atoms with Gasteiger partial charge in [-0.15, -0.1) is 0 Å². The van der Waals surface area contributed by atoms with Crippen molar-refractivity contribution in [3.05, 3.63) is 29.6 Å². The van der Waals surface area contributed by atoms with Gasteiger partial charge in [-0.3, -0.25) is 0 Å². The first-order chi connectivity index (χ1) is 9.80. The van der Waals surface area contributed by atoms with Gasteiger partial charge in [0, 0.05) is 25.8 Å². The van der Waals surface area contributed by atoms with Crippen molar-refractivity contribution in [3.63, 3.8) is 0 Å². The van der Waals surface area contributed by atoms with Gasteiger partial charge >= 0.3 is 0 Å². The molecule has 0 bridgehead atoms. The Bertz CT molecular complexity index is 605. The second kappa shape index (κ2) is 7.79. The molecule has 0 saturated carbocycles. The Morgan fingerprint density at radius 1 is 1.38 bits per heavy atom. The van der Waals surface area contributed by atoms with Crippen LogP contribution in [-0.2, 0) is 10.0 Å². The number of halogens is 1. The molecule has 3 N–H and O–H groups in total. The normalized spacial score (nSPS) is 11.8. The van der Waals surface area contributed by atoms with Gasteiger partial charge in [-0.2, -0.15) is 0 Å². The first kappa shape index (κ1) is 18.0. The Labute approximate surface area is 129 Å². The predicted molar refractivity (Wildman–Crippen MR) is 83.0 cm³/mol. The van der Waals surface area contributed by atoms with Crippen LogP contribution in [0.2, 0.25) is 0 Å². The van der Waals surface area contributed by atoms with E-state index in [0.717, 1.165) is 18.6 Å². The first-order valence-corrected chi connectivity index (χ1v) is 8.32. The van der Waals surface area contributed by atoms with E-state index in [-0.39, 0.29) is 22.1 Å². The van der Waals surface area contributed by atoms with Gasteiger partial charge < -0.3 is 10.8 Å². The zero-order chi connectivity index (χ0) is 16.0. The molecule has 0 radical (unpaired) electrons. The number of aliphatic hydroxyl groups excluding tert-OH is 1. The summed E-state index contributed by atoms with van der Waals surface area (Å²) in [6.07, 6.45) is 2.01. The van der Waals surface area contributed by atoms with Crippen molar-refractivity contribution >= 4 is 27.2 Å². The van der Waals surface area contributed by atoms with Crippen molar-refractivity contribution in [2.75, 3.05) is 20.2 Å². The van der Waals surface area contributed by atoms with Gasteiger partial charge in [-0.25, -0.2) is 17.1 Å². The molecule has 0 spiro atoms. The van der Waals surface area contributed by atoms with Crippen molar-refractivity contribution in [2.45, 2.75) is 24.2 Å². The number of nitrogens with two attached hydrogens (primary N) is 1. The Kier molecular flexibility index (Phi) is 6.66. The number of nitrogens with zero attached hydrogens (tertiary/aromatic N) is 1. The molecule has 0 heterocycles. The van der Waals surface area contributed by atoms with Crippen LogP contribution in [0.15, 0.2) is 23.1 Å². The predicted octanol–water partition coefficient (Wildman–Crippen LogP) is 1.24. The molecule has 0 amide bonds. The summed E-state index contributed by atoms with van der Waals surface area (Å²) in [5, 5.41) is 8.69. The topological polar surface area (TPSA) is 83.6 Å². The van der Waals surface area contributed by atoms with Gasteiger partial charge in [-0.1, -0.05) is 12.2 Å². The van der Waals surface area contributed by atoms with E-state index in [9.17, 15) is 12.8 Å². The minimum atomic E-state index is -3.71. The molecule has 8 heteroatoms. The average Bonchev–Trinajstić information content (AvgIpc) is 2.43. The molecule has 0 aliphatic carbocycles. The highest BCUT2D eigenvalue weighted by Crippen LogP contribution is 2.19. The standard InChI is InChI=1S/C13H19FN2O3S2/c1-16(7-3-2-4-8-17)21(18,19)10-5-6-12(14)11(9-10)13(15)20/h5-6,9,17H,2-4,7-8H2,1H3,(H2,15,20). The summed E-state index contributed by atoms with van der Waals surface area (Å²) in [5.74, 6) is -0.646. The Morgan fingerprint density at radius 3 is 2.62 bits per heavy atom. The van der Waals surface area contributed by atoms with E-state index >= 15 is 0 Å². The molecule has 1 aromatic carbocycles. The van der Waals surface area contributed by atoms with Crippen molar-refractivity contribution in [3.8, 4) is 0 Å². The lowest BCUT2D eigenvalue weighted by Gasteiger charge is -2.17. The number of rotatable bonds is 8. The SMILES string of the molecule is CN(CCCCCO)S(=O)(=O)c1ccc(F)c(C(N)=S)c1. The van der Waals surface area contributed by atoms with E-state index in [2.05, 4.69) is 0 Å². The minimum Gasteiger partial charge on any atom is -0.396 e. The summed E-state index contributed by atoms with van der Waals surface area (Å²) >= 11 is 4.70. The van der Waals surface area contributed by atoms with Crippen LogP contribution < -0.4 is 5.73 Å². The smallest absolute Gasteiger partial charge is 0.242 e. The van der Waals surface area contributed by atoms with Gasteiger partial charge in [0.25, 0.3) is 0 Å². The molecule has 1 aromatic rings. The van der Waals surface area contributed by atoms with Crippen molar-refractivity contribution in [1.29, 1.82) is 0 Å². The van der Waals surface area contributed by atoms with E-state index in [0.29, 0.717) is 19.4 Å². The lowest BCUT2D eigenvalue weighted by molar-refractivity contribution is 0.281. The third-order valence-electron chi connectivity index (χ3n) is 3.04. The first-order valence-electron chi connectivity index (χ1n) is 6.47. The van der Waals surface area contributed by atoms with Crippen molar-refractivity contribution < 1.29 is 17.9 Å². The number of thiocarbonyl (C=S) groups is 1. The quantitative estimate of drug-likeness (QED) is 0.552.